The Morgan fingerprint density at radius 1 is 0.518 bits per heavy atom. The van der Waals surface area contributed by atoms with Crippen molar-refractivity contribution in [2.45, 2.75) is 178 Å². The number of H-pyrrole nitrogens is 1. The Kier molecular flexibility index (Phi) is 30.2. The van der Waals surface area contributed by atoms with Gasteiger partial charge in [-0.1, -0.05) is 34.8 Å². The van der Waals surface area contributed by atoms with E-state index >= 15 is 0 Å². The van der Waals surface area contributed by atoms with E-state index in [1.165, 1.54) is 89.2 Å². The first-order valence-corrected chi connectivity index (χ1v) is 38.4. The van der Waals surface area contributed by atoms with Crippen molar-refractivity contribution in [3.05, 3.63) is 171 Å². The van der Waals surface area contributed by atoms with E-state index in [-0.39, 0.29) is 19.0 Å². The molecule has 0 radical (unpaired) electrons. The molecule has 15 heterocycles. The molecule has 0 atom stereocenters. The molecular weight excluding hydrogens is 1520 g/mol. The van der Waals surface area contributed by atoms with Crippen LogP contribution in [0.25, 0.3) is 33.1 Å². The molecule has 0 bridgehead atoms. The van der Waals surface area contributed by atoms with Gasteiger partial charge in [-0.15, -0.1) is 0 Å². The molecule has 3 fully saturated rings. The van der Waals surface area contributed by atoms with Gasteiger partial charge in [0.15, 0.2) is 16.9 Å². The minimum Gasteiger partial charge on any atom is -0.443 e. The smallest absolute Gasteiger partial charge is 0.425 e. The Bertz CT molecular complexity index is 5010. The number of hydrogen-bond acceptors (Lipinski definition) is 31. The van der Waals surface area contributed by atoms with Crippen molar-refractivity contribution in [2.24, 2.45) is 5.73 Å². The second-order valence-corrected chi connectivity index (χ2v) is 29.9. The number of nitrogens with two attached hydrogens (primary N) is 2. The van der Waals surface area contributed by atoms with Crippen molar-refractivity contribution < 1.29 is 29.3 Å². The van der Waals surface area contributed by atoms with Crippen LogP contribution in [0, 0.1) is 27.7 Å². The number of rotatable bonds is 14. The molecule has 12 aromatic rings. The first-order chi connectivity index (χ1) is 54.7. The number of pyridine rings is 2. The van der Waals surface area contributed by atoms with Crippen LogP contribution in [0.15, 0.2) is 99.3 Å². The van der Waals surface area contributed by atoms with Gasteiger partial charge in [0.05, 0.1) is 121 Å². The number of aryl methyl sites for hydroxylation is 4. The lowest BCUT2D eigenvalue weighted by molar-refractivity contribution is 0.0428. The highest BCUT2D eigenvalue weighted by atomic mass is 35.5. The molecule has 3 saturated heterocycles. The first-order valence-electron chi connectivity index (χ1n) is 37.3. The summed E-state index contributed by atoms with van der Waals surface area (Å²) < 4.78 is 14.3. The third-order valence-electron chi connectivity index (χ3n) is 17.8. The number of aromatic nitrogens is 22. The van der Waals surface area contributed by atoms with E-state index in [4.69, 9.17) is 66.0 Å². The van der Waals surface area contributed by atoms with Gasteiger partial charge in [0, 0.05) is 76.1 Å². The number of carbonyl (C=O) groups excluding carboxylic acids is 2. The number of piperidine rings is 3. The molecule has 15 rings (SSSR count). The lowest BCUT2D eigenvalue weighted by Crippen LogP contribution is -2.44. The largest absolute Gasteiger partial charge is 0.443 e. The molecular formula is C76H96Cl3N29O6. The van der Waals surface area contributed by atoms with Gasteiger partial charge in [0.1, 0.15) is 80.6 Å². The molecule has 0 aromatic carbocycles. The molecule has 3 aliphatic heterocycles. The van der Waals surface area contributed by atoms with Gasteiger partial charge in [0.2, 0.25) is 0 Å². The Labute approximate surface area is 674 Å². The van der Waals surface area contributed by atoms with Gasteiger partial charge in [-0.2, -0.15) is 20.2 Å². The number of amides is 2. The zero-order valence-corrected chi connectivity index (χ0v) is 67.9. The van der Waals surface area contributed by atoms with Gasteiger partial charge in [-0.05, 0) is 161 Å². The Morgan fingerprint density at radius 2 is 0.965 bits per heavy atom. The summed E-state index contributed by atoms with van der Waals surface area (Å²) in [5.74, 6) is 4.25. The number of imide groups is 1. The molecule has 38 heteroatoms. The summed E-state index contributed by atoms with van der Waals surface area (Å²) in [7, 11) is 0. The summed E-state index contributed by atoms with van der Waals surface area (Å²) in [4.78, 5) is 100. The second-order valence-electron chi connectivity index (χ2n) is 28.8. The molecule has 0 aliphatic carbocycles. The van der Waals surface area contributed by atoms with Crippen molar-refractivity contribution in [3.8, 4) is 0 Å². The normalized spacial score (nSPS) is 13.5. The number of anilines is 6. The van der Waals surface area contributed by atoms with Crippen molar-refractivity contribution in [3.63, 3.8) is 0 Å². The minimum absolute atomic E-state index is 0.0344. The maximum absolute atomic E-state index is 12.6. The van der Waals surface area contributed by atoms with Crippen LogP contribution in [0.2, 0.25) is 15.5 Å². The predicted octanol–water partition coefficient (Wildman–Crippen LogP) is 11.6. The fourth-order valence-electron chi connectivity index (χ4n) is 12.1. The summed E-state index contributed by atoms with van der Waals surface area (Å²) in [6, 6.07) is 3.51. The number of aromatic amines is 1. The quantitative estimate of drug-likeness (QED) is 0.0551. The second kappa shape index (κ2) is 40.5. The van der Waals surface area contributed by atoms with Gasteiger partial charge < -0.3 is 51.2 Å². The van der Waals surface area contributed by atoms with Crippen LogP contribution >= 0.6 is 34.8 Å². The number of nitrogens with zero attached hydrogens (tertiary/aromatic N) is 25. The number of aliphatic hydroxyl groups excluding tert-OH is 2. The molecule has 3 aliphatic rings. The summed E-state index contributed by atoms with van der Waals surface area (Å²) in [6.07, 6.45) is 32.9. The van der Waals surface area contributed by atoms with E-state index in [0.717, 1.165) is 123 Å². The number of nitrogens with one attached hydrogen (secondary N) is 2. The zero-order chi connectivity index (χ0) is 81.5. The third-order valence-corrected chi connectivity index (χ3v) is 18.6. The number of nitrogen functional groups attached to an aromatic ring is 1. The van der Waals surface area contributed by atoms with Gasteiger partial charge in [0.25, 0.3) is 0 Å². The van der Waals surface area contributed by atoms with E-state index in [1.54, 1.807) is 77.8 Å². The molecule has 114 heavy (non-hydrogen) atoms. The van der Waals surface area contributed by atoms with Gasteiger partial charge in [-0.25, -0.2) is 69.4 Å². The van der Waals surface area contributed by atoms with E-state index in [1.807, 2.05) is 68.7 Å². The molecule has 602 valence electrons. The van der Waals surface area contributed by atoms with Gasteiger partial charge >= 0.3 is 12.2 Å². The van der Waals surface area contributed by atoms with Crippen LogP contribution in [0.3, 0.4) is 0 Å². The summed E-state index contributed by atoms with van der Waals surface area (Å²) >= 11 is 17.1. The minimum atomic E-state index is -0.839. The number of halogens is 3. The fraction of sp³-hybridized carbons (Fsp3) is 0.434. The first kappa shape index (κ1) is 85.2. The van der Waals surface area contributed by atoms with Crippen molar-refractivity contribution in [2.75, 3.05) is 69.9 Å². The number of aliphatic hydroxyl groups is 2. The molecule has 12 aromatic heterocycles. The van der Waals surface area contributed by atoms with Crippen molar-refractivity contribution in [1.29, 1.82) is 0 Å². The SMILES string of the molecule is Cc1cc(N(C(=O)OC(C)(C)C)C(=O)OC(C)(C)C)nc(C)c1CN.Cc1cc(N)nc(C)c1CNc1ncnc2nn(Cc3cnc(N4CCCCC4)cn3)cc12.Clc1ncnc2[nH]ncc12.Clc1ncnc2nn(Cc3cnc(N4CCCCC4)cn3)cc12.OCc1cnc(Cl)cn1.OCc1cnc(N2CCCCC2)cn1. The zero-order valence-electron chi connectivity index (χ0n) is 65.6. The molecule has 2 amide bonds. The summed E-state index contributed by atoms with van der Waals surface area (Å²) in [5, 5.41) is 39.7. The lowest BCUT2D eigenvalue weighted by atomic mass is 10.1. The monoisotopic (exact) mass is 1620 g/mol. The van der Waals surface area contributed by atoms with Crippen molar-refractivity contribution in [1.82, 2.24) is 110 Å². The standard InChI is InChI=1S/C23H28N10.C18H29N3O4.C15H16ClN7.C10H15N3O.C5H3ClN4.C5H5ClN2O/c1-15-8-20(24)30-16(2)18(15)10-27-22-19-13-33(31-23(19)29-14-28-22)12-17-9-26-21(11-25-17)32-6-4-3-5-7-32;1-11-9-14(20-12(2)13(11)10-19)21(15(22)24-17(3,4)5)16(23)25-18(6,7)8;16-14-12-9-23(21-15(12)20-10-19-14)8-11-6-18-13(7-17-11)22-4-2-1-3-5-22;14-8-9-6-12-10(7-11-9)13-4-2-1-3-5-13;6-4-3-1-9-10-5(3)8-2-7-4;6-5-2-7-4(3-9)1-8-5/h8-9,11,13-14H,3-7,10,12H2,1-2H3,(H2,24,30)(H,27,28,29,31);9H,10,19H2,1-8H3;6-7,9-10H,1-5,8H2;6-7,14H,1-5,8H2;1-2H,(H,7,8,9,10);1-2,9H,3H2. The molecule has 35 nitrogen and oxygen atoms in total. The highest BCUT2D eigenvalue weighted by Gasteiger charge is 2.34. The number of hydrogen-bond donors (Lipinski definition) is 6. The fourth-order valence-corrected chi connectivity index (χ4v) is 12.6. The van der Waals surface area contributed by atoms with Crippen molar-refractivity contribution >= 4 is 115 Å². The van der Waals surface area contributed by atoms with Crippen LogP contribution in [0.4, 0.5) is 44.5 Å². The maximum atomic E-state index is 12.6. The topological polar surface area (TPSA) is 441 Å². The number of carbonyl (C=O) groups is 2. The van der Waals surface area contributed by atoms with E-state index in [2.05, 4.69) is 120 Å². The highest BCUT2D eigenvalue weighted by molar-refractivity contribution is 6.34. The highest BCUT2D eigenvalue weighted by Crippen LogP contribution is 2.28. The average molecular weight is 1620 g/mol. The Morgan fingerprint density at radius 3 is 1.40 bits per heavy atom. The van der Waals surface area contributed by atoms with Gasteiger partial charge in [-0.3, -0.25) is 34.4 Å². The predicted molar refractivity (Wildman–Crippen MR) is 436 cm³/mol. The van der Waals surface area contributed by atoms with Crippen LogP contribution in [0.5, 0.6) is 0 Å². The Hall–Kier alpha value is -11.2. The van der Waals surface area contributed by atoms with E-state index in [9.17, 15) is 9.59 Å². The number of fused-ring (bicyclic) bond motifs is 3. The van der Waals surface area contributed by atoms with Crippen LogP contribution in [-0.4, -0.2) is 182 Å². The molecule has 0 unspecified atom stereocenters. The summed E-state index contributed by atoms with van der Waals surface area (Å²) in [6.45, 7) is 26.2. The van der Waals surface area contributed by atoms with Crippen LogP contribution < -0.4 is 36.4 Å². The number of ether oxygens (including phenoxy) is 2. The molecule has 0 saturated carbocycles. The van der Waals surface area contributed by atoms with Crippen LogP contribution in [0.1, 0.15) is 156 Å². The maximum Gasteiger partial charge on any atom is 0.425 e. The summed E-state index contributed by atoms with van der Waals surface area (Å²) in [5.41, 5.74) is 20.3. The molecule has 0 spiro atoms. The van der Waals surface area contributed by atoms with E-state index in [0.29, 0.717) is 81.5 Å². The Balaban J connectivity index is 0.000000153. The lowest BCUT2D eigenvalue weighted by Gasteiger charge is -2.28. The van der Waals surface area contributed by atoms with E-state index < -0.39 is 23.4 Å². The van der Waals surface area contributed by atoms with Crippen LogP contribution in [-0.2, 0) is 48.9 Å². The average Bonchev–Trinajstić information content (AvgIpc) is 1.57. The third kappa shape index (κ3) is 24.6. The molecule has 8 N–H and O–H groups in total.